The maximum Gasteiger partial charge on any atom is 0.212 e. The molecule has 4 rings (SSSR count). The van der Waals surface area contributed by atoms with Crippen LogP contribution < -0.4 is 10.4 Å². The van der Waals surface area contributed by atoms with Gasteiger partial charge in [0.1, 0.15) is 0 Å². The summed E-state index contributed by atoms with van der Waals surface area (Å²) in [6.07, 6.45) is 5.84. The third kappa shape index (κ3) is 5.34. The SMILES string of the molecule is C[Si](C)(O[Si](C)(C)c1c(F)c(F)c(F)c(F)c1F)c1c(F)c(F)c(F)c(F)c1F.OC12CCC(CC1)C2. The quantitative estimate of drug-likeness (QED) is 0.211. The zero-order valence-electron chi connectivity index (χ0n) is 20.2. The first-order chi connectivity index (χ1) is 16.8. The van der Waals surface area contributed by atoms with Gasteiger partial charge in [0.15, 0.2) is 46.5 Å². The Balaban J connectivity index is 0.000000396. The average Bonchev–Trinajstić information content (AvgIpc) is 3.37. The van der Waals surface area contributed by atoms with E-state index >= 15 is 0 Å². The van der Waals surface area contributed by atoms with Crippen molar-refractivity contribution in [3.05, 3.63) is 58.2 Å². The van der Waals surface area contributed by atoms with E-state index in [-0.39, 0.29) is 5.60 Å². The van der Waals surface area contributed by atoms with Gasteiger partial charge < -0.3 is 9.22 Å². The number of benzene rings is 2. The molecule has 2 fully saturated rings. The molecule has 0 saturated heterocycles. The van der Waals surface area contributed by atoms with E-state index in [1.807, 2.05) is 0 Å². The highest BCUT2D eigenvalue weighted by atomic mass is 28.4. The summed E-state index contributed by atoms with van der Waals surface area (Å²) in [4.78, 5) is 0. The first-order valence-electron chi connectivity index (χ1n) is 11.3. The number of aliphatic hydroxyl groups is 1. The fraction of sp³-hybridized carbons (Fsp3) is 0.478. The second kappa shape index (κ2) is 10.0. The van der Waals surface area contributed by atoms with E-state index in [0.717, 1.165) is 51.4 Å². The van der Waals surface area contributed by atoms with Gasteiger partial charge in [-0.2, -0.15) is 0 Å². The largest absolute Gasteiger partial charge is 0.448 e. The zero-order valence-corrected chi connectivity index (χ0v) is 22.2. The lowest BCUT2D eigenvalue weighted by atomic mass is 9.98. The Labute approximate surface area is 208 Å². The molecule has 1 N–H and O–H groups in total. The smallest absolute Gasteiger partial charge is 0.212 e. The molecule has 0 aliphatic heterocycles. The summed E-state index contributed by atoms with van der Waals surface area (Å²) in [7, 11) is -8.35. The average molecular weight is 579 g/mol. The van der Waals surface area contributed by atoms with Crippen LogP contribution in [0.4, 0.5) is 43.9 Å². The number of hydrogen-bond acceptors (Lipinski definition) is 2. The molecule has 0 radical (unpaired) electrons. The highest BCUT2D eigenvalue weighted by molar-refractivity contribution is 6.97. The molecule has 2 aliphatic rings. The molecule has 2 aromatic carbocycles. The molecule has 0 amide bonds. The normalized spacial score (nSPS) is 21.3. The van der Waals surface area contributed by atoms with Crippen molar-refractivity contribution in [3.8, 4) is 0 Å². The molecule has 2 aliphatic carbocycles. The van der Waals surface area contributed by atoms with Gasteiger partial charge in [-0.25, -0.2) is 43.9 Å². The van der Waals surface area contributed by atoms with Gasteiger partial charge in [0.05, 0.1) is 5.60 Å². The van der Waals surface area contributed by atoms with Crippen LogP contribution in [0.5, 0.6) is 0 Å². The van der Waals surface area contributed by atoms with Gasteiger partial charge in [0, 0.05) is 10.4 Å². The molecule has 2 saturated carbocycles. The molecule has 0 aromatic heterocycles. The maximum absolute atomic E-state index is 14.1. The molecule has 14 heteroatoms. The Morgan fingerprint density at radius 1 is 0.568 bits per heavy atom. The topological polar surface area (TPSA) is 29.5 Å². The minimum Gasteiger partial charge on any atom is -0.448 e. The Morgan fingerprint density at radius 2 is 0.838 bits per heavy atom. The number of hydrogen-bond donors (Lipinski definition) is 1. The summed E-state index contributed by atoms with van der Waals surface area (Å²) in [5.41, 5.74) is -0.190. The minimum atomic E-state index is -4.17. The van der Waals surface area contributed by atoms with Gasteiger partial charge in [-0.3, -0.25) is 0 Å². The van der Waals surface area contributed by atoms with Crippen molar-refractivity contribution in [2.45, 2.75) is 63.9 Å². The lowest BCUT2D eigenvalue weighted by molar-refractivity contribution is 0.0521. The van der Waals surface area contributed by atoms with Crippen molar-refractivity contribution in [1.29, 1.82) is 0 Å². The fourth-order valence-electron chi connectivity index (χ4n) is 5.17. The number of fused-ring (bicyclic) bond motifs is 2. The maximum atomic E-state index is 14.1. The van der Waals surface area contributed by atoms with Gasteiger partial charge in [0.2, 0.25) is 28.3 Å². The Kier molecular flexibility index (Phi) is 8.02. The lowest BCUT2D eigenvalue weighted by Gasteiger charge is -2.35. The van der Waals surface area contributed by atoms with E-state index in [4.69, 9.17) is 4.12 Å². The second-order valence-corrected chi connectivity index (χ2v) is 18.2. The molecular weight excluding hydrogens is 554 g/mol. The van der Waals surface area contributed by atoms with Crippen LogP contribution in [0.2, 0.25) is 26.2 Å². The summed E-state index contributed by atoms with van der Waals surface area (Å²) in [6, 6.07) is 0. The van der Waals surface area contributed by atoms with Crippen molar-refractivity contribution in [2.75, 3.05) is 0 Å². The molecule has 0 spiro atoms. The van der Waals surface area contributed by atoms with E-state index in [1.165, 1.54) is 12.8 Å². The van der Waals surface area contributed by atoms with E-state index in [9.17, 15) is 49.0 Å². The number of halogens is 10. The van der Waals surface area contributed by atoms with Crippen molar-refractivity contribution in [1.82, 2.24) is 0 Å². The van der Waals surface area contributed by atoms with Crippen molar-refractivity contribution in [3.63, 3.8) is 0 Å². The van der Waals surface area contributed by atoms with E-state index in [2.05, 4.69) is 0 Å². The Hall–Kier alpha value is -1.91. The second-order valence-electron chi connectivity index (χ2n) is 10.4. The minimum absolute atomic E-state index is 0.190. The standard InChI is InChI=1S/C16H12F10OSi2.C7H12O/c1-28(2,15-11(23)7(19)5(17)8(20)12(15)24)27-29(3,4)16-13(25)9(21)6(18)10(22)14(16)26;8-7-3-1-6(5-7)2-4-7/h1-4H3;6,8H,1-5H2. The third-order valence-corrected chi connectivity index (χ3v) is 14.2. The van der Waals surface area contributed by atoms with Crippen LogP contribution in [0.15, 0.2) is 0 Å². The Morgan fingerprint density at radius 3 is 1.03 bits per heavy atom. The molecule has 2 aromatic rings. The van der Waals surface area contributed by atoms with Crippen LogP contribution >= 0.6 is 0 Å². The first kappa shape index (κ1) is 29.6. The van der Waals surface area contributed by atoms with Gasteiger partial charge in [0.25, 0.3) is 0 Å². The molecule has 0 atom stereocenters. The highest BCUT2D eigenvalue weighted by Crippen LogP contribution is 2.47. The van der Waals surface area contributed by atoms with Crippen LogP contribution in [-0.2, 0) is 4.12 Å². The predicted molar refractivity (Wildman–Crippen MR) is 119 cm³/mol. The molecule has 2 nitrogen and oxygen atoms in total. The molecule has 0 heterocycles. The zero-order chi connectivity index (χ0) is 28.2. The fourth-order valence-corrected chi connectivity index (χ4v) is 13.6. The summed E-state index contributed by atoms with van der Waals surface area (Å²) in [5, 5.41) is 6.90. The molecule has 37 heavy (non-hydrogen) atoms. The third-order valence-electron chi connectivity index (χ3n) is 6.84. The number of rotatable bonds is 4. The summed E-state index contributed by atoms with van der Waals surface area (Å²) in [6.45, 7) is 3.86. The van der Waals surface area contributed by atoms with E-state index in [0.29, 0.717) is 0 Å². The van der Waals surface area contributed by atoms with E-state index < -0.39 is 85.2 Å². The molecule has 2 bridgehead atoms. The van der Waals surface area contributed by atoms with Crippen LogP contribution in [0, 0.1) is 64.1 Å². The van der Waals surface area contributed by atoms with Crippen LogP contribution in [0.3, 0.4) is 0 Å². The van der Waals surface area contributed by atoms with Crippen molar-refractivity contribution in [2.24, 2.45) is 5.92 Å². The monoisotopic (exact) mass is 578 g/mol. The van der Waals surface area contributed by atoms with Gasteiger partial charge in [-0.05, 0) is 64.2 Å². The van der Waals surface area contributed by atoms with E-state index in [1.54, 1.807) is 0 Å². The predicted octanol–water partition coefficient (Wildman–Crippen LogP) is 5.93. The highest BCUT2D eigenvalue weighted by Gasteiger charge is 2.46. The van der Waals surface area contributed by atoms with Gasteiger partial charge in [-0.1, -0.05) is 0 Å². The van der Waals surface area contributed by atoms with Crippen molar-refractivity contribution >= 4 is 27.0 Å². The summed E-state index contributed by atoms with van der Waals surface area (Å²) in [5.74, 6) is -21.7. The molecule has 206 valence electrons. The van der Waals surface area contributed by atoms with Gasteiger partial charge >= 0.3 is 0 Å². The Bertz CT molecular complexity index is 1090. The molecular formula is C23H24F10O2Si2. The first-order valence-corrected chi connectivity index (χ1v) is 17.1. The molecule has 0 unspecified atom stereocenters. The van der Waals surface area contributed by atoms with Gasteiger partial charge in [-0.15, -0.1) is 0 Å². The lowest BCUT2D eigenvalue weighted by Crippen LogP contribution is -2.61. The summed E-state index contributed by atoms with van der Waals surface area (Å²) >= 11 is 0. The van der Waals surface area contributed by atoms with Crippen LogP contribution in [0.1, 0.15) is 32.1 Å². The van der Waals surface area contributed by atoms with Crippen LogP contribution in [0.25, 0.3) is 0 Å². The van der Waals surface area contributed by atoms with Crippen molar-refractivity contribution < 1.29 is 53.1 Å². The van der Waals surface area contributed by atoms with Crippen LogP contribution in [-0.4, -0.2) is 27.3 Å². The summed E-state index contributed by atoms with van der Waals surface area (Å²) < 4.78 is 143.